The van der Waals surface area contributed by atoms with Crippen molar-refractivity contribution >= 4 is 27.3 Å². The van der Waals surface area contributed by atoms with Gasteiger partial charge in [-0.3, -0.25) is 4.79 Å². The maximum Gasteiger partial charge on any atom is 0.223 e. The molecule has 1 saturated heterocycles. The smallest absolute Gasteiger partial charge is 0.223 e. The molecule has 1 amide bonds. The van der Waals surface area contributed by atoms with Crippen molar-refractivity contribution in [2.24, 2.45) is 0 Å². The minimum atomic E-state index is -3.51. The van der Waals surface area contributed by atoms with Crippen LogP contribution in [0.15, 0.2) is 52.0 Å². The predicted molar refractivity (Wildman–Crippen MR) is 90.8 cm³/mol. The number of sulfone groups is 1. The molecule has 128 valence electrons. The Kier molecular flexibility index (Phi) is 4.96. The third kappa shape index (κ3) is 3.82. The van der Waals surface area contributed by atoms with Gasteiger partial charge in [0.05, 0.1) is 16.9 Å². The van der Waals surface area contributed by atoms with Gasteiger partial charge in [-0.15, -0.1) is 0 Å². The van der Waals surface area contributed by atoms with Crippen molar-refractivity contribution in [3.05, 3.63) is 53.4 Å². The number of carbonyl (C=O) groups is 1. The lowest BCUT2D eigenvalue weighted by atomic mass is 10.1. The molecule has 7 heteroatoms. The number of nitrogens with zero attached hydrogens (tertiary/aromatic N) is 1. The van der Waals surface area contributed by atoms with Crippen LogP contribution in [0.1, 0.15) is 24.5 Å². The maximum absolute atomic E-state index is 12.3. The molecule has 2 heterocycles. The summed E-state index contributed by atoms with van der Waals surface area (Å²) in [6.45, 7) is 1.20. The second kappa shape index (κ2) is 6.99. The highest BCUT2D eigenvalue weighted by molar-refractivity contribution is 7.91. The molecule has 5 nitrogen and oxygen atoms in total. The highest BCUT2D eigenvalue weighted by Gasteiger charge is 2.29. The standard InChI is InChI=1S/C17H18ClNO4S/c18-14-3-1-4-15(11-14)24(21,22)10-7-17(20)19-8-6-13(12-19)16-5-2-9-23-16/h1-5,9,11,13H,6-8,10,12H2. The molecule has 0 bridgehead atoms. The van der Waals surface area contributed by atoms with Crippen LogP contribution < -0.4 is 0 Å². The van der Waals surface area contributed by atoms with Crippen LogP contribution in [-0.4, -0.2) is 38.1 Å². The lowest BCUT2D eigenvalue weighted by molar-refractivity contribution is -0.129. The van der Waals surface area contributed by atoms with Crippen LogP contribution in [0.25, 0.3) is 0 Å². The van der Waals surface area contributed by atoms with Crippen LogP contribution in [0.3, 0.4) is 0 Å². The van der Waals surface area contributed by atoms with Crippen molar-refractivity contribution in [1.29, 1.82) is 0 Å². The molecule has 0 radical (unpaired) electrons. The molecule has 1 aromatic carbocycles. The summed E-state index contributed by atoms with van der Waals surface area (Å²) in [6.07, 6.45) is 2.43. The summed E-state index contributed by atoms with van der Waals surface area (Å²) in [5.74, 6) is 0.702. The van der Waals surface area contributed by atoms with E-state index < -0.39 is 9.84 Å². The van der Waals surface area contributed by atoms with Gasteiger partial charge >= 0.3 is 0 Å². The maximum atomic E-state index is 12.3. The number of hydrogen-bond acceptors (Lipinski definition) is 4. The van der Waals surface area contributed by atoms with Gasteiger partial charge in [0.2, 0.25) is 5.91 Å². The molecule has 0 spiro atoms. The van der Waals surface area contributed by atoms with Gasteiger partial charge in [-0.1, -0.05) is 17.7 Å². The molecule has 1 aliphatic rings. The summed E-state index contributed by atoms with van der Waals surface area (Å²) in [5.41, 5.74) is 0. The lowest BCUT2D eigenvalue weighted by Gasteiger charge is -2.16. The highest BCUT2D eigenvalue weighted by atomic mass is 35.5. The summed E-state index contributed by atoms with van der Waals surface area (Å²) < 4.78 is 30.0. The van der Waals surface area contributed by atoms with Gasteiger partial charge in [-0.25, -0.2) is 8.42 Å². The third-order valence-electron chi connectivity index (χ3n) is 4.23. The van der Waals surface area contributed by atoms with E-state index in [0.717, 1.165) is 12.2 Å². The van der Waals surface area contributed by atoms with Gasteiger partial charge in [0.1, 0.15) is 5.76 Å². The molecule has 1 aromatic heterocycles. The SMILES string of the molecule is O=C(CCS(=O)(=O)c1cccc(Cl)c1)N1CCC(c2ccco2)C1. The average molecular weight is 368 g/mol. The summed E-state index contributed by atoms with van der Waals surface area (Å²) in [6, 6.07) is 9.84. The van der Waals surface area contributed by atoms with E-state index in [1.165, 1.54) is 12.1 Å². The summed E-state index contributed by atoms with van der Waals surface area (Å²) >= 11 is 5.83. The molecule has 24 heavy (non-hydrogen) atoms. The Morgan fingerprint density at radius 3 is 2.83 bits per heavy atom. The summed E-state index contributed by atoms with van der Waals surface area (Å²) in [7, 11) is -3.51. The van der Waals surface area contributed by atoms with Gasteiger partial charge in [0.25, 0.3) is 0 Å². The van der Waals surface area contributed by atoms with Crippen LogP contribution in [0, 0.1) is 0 Å². The van der Waals surface area contributed by atoms with E-state index in [0.29, 0.717) is 18.1 Å². The van der Waals surface area contributed by atoms with Gasteiger partial charge in [0, 0.05) is 30.5 Å². The number of amides is 1. The minimum absolute atomic E-state index is 0.0281. The molecule has 0 saturated carbocycles. The van der Waals surface area contributed by atoms with Crippen molar-refractivity contribution in [2.75, 3.05) is 18.8 Å². The number of hydrogen-bond donors (Lipinski definition) is 0. The second-order valence-corrected chi connectivity index (χ2v) is 8.41. The monoisotopic (exact) mass is 367 g/mol. The molecule has 3 rings (SSSR count). The molecule has 1 unspecified atom stereocenters. The van der Waals surface area contributed by atoms with E-state index in [4.69, 9.17) is 16.0 Å². The number of halogens is 1. The predicted octanol–water partition coefficient (Wildman–Crippen LogP) is 3.11. The molecule has 0 N–H and O–H groups in total. The summed E-state index contributed by atoms with van der Waals surface area (Å²) in [4.78, 5) is 14.2. The van der Waals surface area contributed by atoms with Crippen LogP contribution >= 0.6 is 11.6 Å². The fraction of sp³-hybridized carbons (Fsp3) is 0.353. The number of likely N-dealkylation sites (tertiary alicyclic amines) is 1. The zero-order chi connectivity index (χ0) is 17.2. The Morgan fingerprint density at radius 2 is 2.12 bits per heavy atom. The summed E-state index contributed by atoms with van der Waals surface area (Å²) in [5, 5.41) is 0.364. The van der Waals surface area contributed by atoms with Gasteiger partial charge < -0.3 is 9.32 Å². The first-order valence-corrected chi connectivity index (χ1v) is 9.78. The Labute approximate surface area is 146 Å². The van der Waals surface area contributed by atoms with Crippen LogP contribution in [0.2, 0.25) is 5.02 Å². The van der Waals surface area contributed by atoms with E-state index >= 15 is 0 Å². The van der Waals surface area contributed by atoms with E-state index in [1.54, 1.807) is 23.3 Å². The van der Waals surface area contributed by atoms with Crippen molar-refractivity contribution < 1.29 is 17.6 Å². The molecule has 1 aliphatic heterocycles. The number of carbonyl (C=O) groups excluding carboxylic acids is 1. The molecular weight excluding hydrogens is 350 g/mol. The fourth-order valence-electron chi connectivity index (χ4n) is 2.90. The Morgan fingerprint density at radius 1 is 1.29 bits per heavy atom. The molecule has 2 aromatic rings. The molecule has 1 fully saturated rings. The number of furan rings is 1. The Hall–Kier alpha value is -1.79. The van der Waals surface area contributed by atoms with Crippen LogP contribution in [0.5, 0.6) is 0 Å². The molecule has 0 aliphatic carbocycles. The fourth-order valence-corrected chi connectivity index (χ4v) is 4.43. The van der Waals surface area contributed by atoms with E-state index in [2.05, 4.69) is 0 Å². The zero-order valence-electron chi connectivity index (χ0n) is 13.0. The van der Waals surface area contributed by atoms with Gasteiger partial charge in [-0.2, -0.15) is 0 Å². The van der Waals surface area contributed by atoms with E-state index in [9.17, 15) is 13.2 Å². The Balaban J connectivity index is 1.58. The van der Waals surface area contributed by atoms with Crippen molar-refractivity contribution in [3.8, 4) is 0 Å². The van der Waals surface area contributed by atoms with E-state index in [1.807, 2.05) is 12.1 Å². The first-order valence-electron chi connectivity index (χ1n) is 7.75. The molecular formula is C17H18ClNO4S. The van der Waals surface area contributed by atoms with Gasteiger partial charge in [-0.05, 0) is 36.8 Å². The third-order valence-corrected chi connectivity index (χ3v) is 6.18. The number of rotatable bonds is 5. The van der Waals surface area contributed by atoms with Gasteiger partial charge in [0.15, 0.2) is 9.84 Å². The largest absolute Gasteiger partial charge is 0.469 e. The molecule has 1 atom stereocenters. The number of benzene rings is 1. The van der Waals surface area contributed by atoms with Crippen LogP contribution in [-0.2, 0) is 14.6 Å². The Bertz CT molecular complexity index is 817. The minimum Gasteiger partial charge on any atom is -0.469 e. The lowest BCUT2D eigenvalue weighted by Crippen LogP contribution is -2.30. The normalized spacial score (nSPS) is 18.0. The zero-order valence-corrected chi connectivity index (χ0v) is 14.6. The van der Waals surface area contributed by atoms with Crippen molar-refractivity contribution in [2.45, 2.75) is 23.7 Å². The van der Waals surface area contributed by atoms with E-state index in [-0.39, 0.29) is 28.9 Å². The average Bonchev–Trinajstić information content (AvgIpc) is 3.23. The van der Waals surface area contributed by atoms with Crippen molar-refractivity contribution in [1.82, 2.24) is 4.90 Å². The van der Waals surface area contributed by atoms with Crippen molar-refractivity contribution in [3.63, 3.8) is 0 Å². The first-order chi connectivity index (χ1) is 11.5. The quantitative estimate of drug-likeness (QED) is 0.814. The topological polar surface area (TPSA) is 67.6 Å². The van der Waals surface area contributed by atoms with Crippen LogP contribution in [0.4, 0.5) is 0 Å². The second-order valence-electron chi connectivity index (χ2n) is 5.87. The first kappa shape index (κ1) is 17.0. The highest BCUT2D eigenvalue weighted by Crippen LogP contribution is 2.28.